The number of benzene rings is 1. The highest BCUT2D eigenvalue weighted by atomic mass is 35.5. The Balaban J connectivity index is 2.74. The van der Waals surface area contributed by atoms with Crippen molar-refractivity contribution in [2.75, 3.05) is 11.5 Å². The van der Waals surface area contributed by atoms with Crippen molar-refractivity contribution in [3.05, 3.63) is 33.8 Å². The first kappa shape index (κ1) is 13.4. The van der Waals surface area contributed by atoms with Crippen LogP contribution in [0.1, 0.15) is 12.5 Å². The number of rotatable bonds is 3. The van der Waals surface area contributed by atoms with E-state index in [4.69, 9.17) is 28.9 Å². The zero-order chi connectivity index (χ0) is 12.1. The van der Waals surface area contributed by atoms with Crippen LogP contribution < -0.4 is 5.73 Å². The van der Waals surface area contributed by atoms with Gasteiger partial charge in [0.15, 0.2) is 5.12 Å². The quantitative estimate of drug-likeness (QED) is 0.852. The maximum absolute atomic E-state index is 10.7. The van der Waals surface area contributed by atoms with E-state index in [2.05, 4.69) is 0 Å². The first-order valence-electron chi connectivity index (χ1n) is 4.55. The van der Waals surface area contributed by atoms with E-state index in [1.54, 1.807) is 12.1 Å². The molecule has 0 saturated carbocycles. The van der Waals surface area contributed by atoms with Crippen molar-refractivity contribution in [2.45, 2.75) is 6.92 Å². The zero-order valence-corrected chi connectivity index (χ0v) is 11.0. The number of halogens is 2. The Morgan fingerprint density at radius 3 is 2.75 bits per heavy atom. The molecular weight excluding hydrogens is 265 g/mol. The van der Waals surface area contributed by atoms with E-state index in [1.165, 1.54) is 18.7 Å². The molecule has 1 rings (SSSR count). The second kappa shape index (κ2) is 6.18. The topological polar surface area (TPSA) is 43.1 Å². The molecule has 16 heavy (non-hydrogen) atoms. The standard InChI is InChI=1S/C11H11Cl2NOS/c1-7(15)16-6-2-3-8-4-5-9(14)11(13)10(8)12/h2-5H,6,14H2,1H3. The van der Waals surface area contributed by atoms with E-state index >= 15 is 0 Å². The SMILES string of the molecule is CC(=O)SCC=Cc1ccc(N)c(Cl)c1Cl. The molecule has 2 N–H and O–H groups in total. The number of hydrogen-bond acceptors (Lipinski definition) is 3. The van der Waals surface area contributed by atoms with E-state index in [9.17, 15) is 4.79 Å². The number of carbonyl (C=O) groups excluding carboxylic acids is 1. The summed E-state index contributed by atoms with van der Waals surface area (Å²) in [6.07, 6.45) is 3.68. The van der Waals surface area contributed by atoms with Gasteiger partial charge in [-0.1, -0.05) is 53.2 Å². The number of hydrogen-bond donors (Lipinski definition) is 1. The molecule has 0 aliphatic carbocycles. The molecule has 0 spiro atoms. The van der Waals surface area contributed by atoms with Gasteiger partial charge in [0, 0.05) is 12.7 Å². The summed E-state index contributed by atoms with van der Waals surface area (Å²) in [7, 11) is 0. The average Bonchev–Trinajstić information content (AvgIpc) is 2.23. The van der Waals surface area contributed by atoms with E-state index in [-0.39, 0.29) is 5.12 Å². The number of carbonyl (C=O) groups is 1. The van der Waals surface area contributed by atoms with Crippen LogP contribution in [-0.2, 0) is 4.79 Å². The second-order valence-electron chi connectivity index (χ2n) is 3.08. The third kappa shape index (κ3) is 3.74. The largest absolute Gasteiger partial charge is 0.397 e. The van der Waals surface area contributed by atoms with Crippen LogP contribution in [0.5, 0.6) is 0 Å². The van der Waals surface area contributed by atoms with E-state index in [1.807, 2.05) is 12.2 Å². The Kier molecular flexibility index (Phi) is 5.19. The number of thioether (sulfide) groups is 1. The molecule has 1 aromatic rings. The average molecular weight is 276 g/mol. The van der Waals surface area contributed by atoms with Crippen molar-refractivity contribution in [1.29, 1.82) is 0 Å². The molecule has 0 amide bonds. The molecule has 0 bridgehead atoms. The minimum Gasteiger partial charge on any atom is -0.397 e. The molecule has 1 aromatic carbocycles. The highest BCUT2D eigenvalue weighted by Gasteiger charge is 2.05. The summed E-state index contributed by atoms with van der Waals surface area (Å²) in [6.45, 7) is 1.53. The van der Waals surface area contributed by atoms with Crippen LogP contribution in [-0.4, -0.2) is 10.9 Å². The monoisotopic (exact) mass is 275 g/mol. The van der Waals surface area contributed by atoms with Gasteiger partial charge in [0.1, 0.15) is 0 Å². The van der Waals surface area contributed by atoms with Crippen LogP contribution in [0, 0.1) is 0 Å². The van der Waals surface area contributed by atoms with Crippen molar-refractivity contribution < 1.29 is 4.79 Å². The smallest absolute Gasteiger partial charge is 0.186 e. The fraction of sp³-hybridized carbons (Fsp3) is 0.182. The molecule has 0 radical (unpaired) electrons. The lowest BCUT2D eigenvalue weighted by atomic mass is 10.2. The van der Waals surface area contributed by atoms with Crippen molar-refractivity contribution in [3.63, 3.8) is 0 Å². The lowest BCUT2D eigenvalue weighted by Crippen LogP contribution is -1.88. The Morgan fingerprint density at radius 1 is 1.44 bits per heavy atom. The highest BCUT2D eigenvalue weighted by Crippen LogP contribution is 2.31. The van der Waals surface area contributed by atoms with Crippen LogP contribution in [0.2, 0.25) is 10.0 Å². The van der Waals surface area contributed by atoms with E-state index < -0.39 is 0 Å². The third-order valence-corrected chi connectivity index (χ3v) is 3.50. The summed E-state index contributed by atoms with van der Waals surface area (Å²) in [5.41, 5.74) is 6.85. The molecule has 86 valence electrons. The molecule has 2 nitrogen and oxygen atoms in total. The zero-order valence-electron chi connectivity index (χ0n) is 8.67. The Labute approximate surface area is 109 Å². The normalized spacial score (nSPS) is 10.9. The Bertz CT molecular complexity index is 432. The Morgan fingerprint density at radius 2 is 2.12 bits per heavy atom. The lowest BCUT2D eigenvalue weighted by molar-refractivity contribution is -0.109. The summed E-state index contributed by atoms with van der Waals surface area (Å²) >= 11 is 13.1. The number of anilines is 1. The van der Waals surface area contributed by atoms with Crippen LogP contribution in [0.4, 0.5) is 5.69 Å². The van der Waals surface area contributed by atoms with Gasteiger partial charge in [0.25, 0.3) is 0 Å². The highest BCUT2D eigenvalue weighted by molar-refractivity contribution is 8.13. The van der Waals surface area contributed by atoms with Crippen LogP contribution in [0.25, 0.3) is 6.08 Å². The molecule has 0 fully saturated rings. The minimum absolute atomic E-state index is 0.0890. The van der Waals surface area contributed by atoms with Crippen molar-refractivity contribution in [1.82, 2.24) is 0 Å². The van der Waals surface area contributed by atoms with E-state index in [0.29, 0.717) is 21.5 Å². The van der Waals surface area contributed by atoms with Gasteiger partial charge in [0.2, 0.25) is 0 Å². The third-order valence-electron chi connectivity index (χ3n) is 1.82. The van der Waals surface area contributed by atoms with Crippen molar-refractivity contribution in [2.24, 2.45) is 0 Å². The van der Waals surface area contributed by atoms with Gasteiger partial charge in [-0.15, -0.1) is 0 Å². The van der Waals surface area contributed by atoms with Gasteiger partial charge in [-0.3, -0.25) is 4.79 Å². The van der Waals surface area contributed by atoms with Gasteiger partial charge >= 0.3 is 0 Å². The molecule has 0 aliphatic heterocycles. The molecule has 0 heterocycles. The summed E-state index contributed by atoms with van der Waals surface area (Å²) in [5, 5.41) is 0.889. The summed E-state index contributed by atoms with van der Waals surface area (Å²) < 4.78 is 0. The molecule has 0 saturated heterocycles. The van der Waals surface area contributed by atoms with Crippen LogP contribution >= 0.6 is 35.0 Å². The maximum Gasteiger partial charge on any atom is 0.186 e. The van der Waals surface area contributed by atoms with Gasteiger partial charge < -0.3 is 5.73 Å². The summed E-state index contributed by atoms with van der Waals surface area (Å²) in [5.74, 6) is 0.619. The second-order valence-corrected chi connectivity index (χ2v) is 5.03. The number of nitrogen functional groups attached to an aromatic ring is 1. The molecule has 0 aliphatic rings. The summed E-state index contributed by atoms with van der Waals surface area (Å²) in [6, 6.07) is 3.49. The minimum atomic E-state index is 0.0890. The van der Waals surface area contributed by atoms with Crippen molar-refractivity contribution >= 4 is 51.8 Å². The molecule has 0 aromatic heterocycles. The fourth-order valence-corrected chi connectivity index (χ4v) is 1.88. The molecule has 0 unspecified atom stereocenters. The Hall–Kier alpha value is -0.640. The van der Waals surface area contributed by atoms with Crippen molar-refractivity contribution in [3.8, 4) is 0 Å². The van der Waals surface area contributed by atoms with Gasteiger partial charge in [-0.25, -0.2) is 0 Å². The fourth-order valence-electron chi connectivity index (χ4n) is 1.05. The summed E-state index contributed by atoms with van der Waals surface area (Å²) in [4.78, 5) is 10.7. The first-order chi connectivity index (χ1) is 7.52. The van der Waals surface area contributed by atoms with Gasteiger partial charge in [-0.2, -0.15) is 0 Å². The lowest BCUT2D eigenvalue weighted by Gasteiger charge is -2.03. The first-order valence-corrected chi connectivity index (χ1v) is 6.30. The van der Waals surface area contributed by atoms with E-state index in [0.717, 1.165) is 5.56 Å². The molecular formula is C11H11Cl2NOS. The van der Waals surface area contributed by atoms with Crippen LogP contribution in [0.3, 0.4) is 0 Å². The predicted molar refractivity (Wildman–Crippen MR) is 73.0 cm³/mol. The van der Waals surface area contributed by atoms with Crippen LogP contribution in [0.15, 0.2) is 18.2 Å². The van der Waals surface area contributed by atoms with Gasteiger partial charge in [0.05, 0.1) is 15.7 Å². The predicted octanol–water partition coefficient (Wildman–Crippen LogP) is 3.87. The number of nitrogens with two attached hydrogens (primary N) is 1. The van der Waals surface area contributed by atoms with Gasteiger partial charge in [-0.05, 0) is 11.6 Å². The maximum atomic E-state index is 10.7. The molecule has 5 heteroatoms. The molecule has 0 atom stereocenters.